The molecule has 88 valence electrons. The van der Waals surface area contributed by atoms with Crippen LogP contribution in [0.2, 0.25) is 5.02 Å². The van der Waals surface area contributed by atoms with E-state index in [1.54, 1.807) is 30.2 Å². The minimum absolute atomic E-state index is 0.655. The summed E-state index contributed by atoms with van der Waals surface area (Å²) in [4.78, 5) is 8.45. The molecular formula is C12H12ClN3S. The second-order valence-electron chi connectivity index (χ2n) is 3.67. The number of nitrogen functional groups attached to an aromatic ring is 1. The first-order valence-corrected chi connectivity index (χ1v) is 6.47. The van der Waals surface area contributed by atoms with Crippen LogP contribution in [0.1, 0.15) is 11.1 Å². The van der Waals surface area contributed by atoms with Crippen LogP contribution >= 0.6 is 23.4 Å². The highest BCUT2D eigenvalue weighted by Gasteiger charge is 2.03. The molecule has 2 rings (SSSR count). The smallest absolute Gasteiger partial charge is 0.187 e. The van der Waals surface area contributed by atoms with Gasteiger partial charge in [-0.15, -0.1) is 0 Å². The fourth-order valence-corrected chi connectivity index (χ4v) is 2.28. The number of thioether (sulfide) groups is 1. The van der Waals surface area contributed by atoms with E-state index in [9.17, 15) is 0 Å². The zero-order chi connectivity index (χ0) is 12.3. The largest absolute Gasteiger partial charge is 0.398 e. The number of hydrogen-bond donors (Lipinski definition) is 1. The third kappa shape index (κ3) is 3.35. The molecule has 2 aromatic rings. The number of benzene rings is 1. The second-order valence-corrected chi connectivity index (χ2v) is 5.05. The van der Waals surface area contributed by atoms with Gasteiger partial charge in [-0.2, -0.15) is 0 Å². The number of nitrogens with zero attached hydrogens (tertiary/aromatic N) is 2. The van der Waals surface area contributed by atoms with Gasteiger partial charge in [0, 0.05) is 28.9 Å². The minimum atomic E-state index is 0.655. The van der Waals surface area contributed by atoms with Gasteiger partial charge < -0.3 is 5.73 Å². The molecule has 0 unspecified atom stereocenters. The van der Waals surface area contributed by atoms with Gasteiger partial charge in [0.2, 0.25) is 0 Å². The van der Waals surface area contributed by atoms with Crippen molar-refractivity contribution >= 4 is 29.1 Å². The number of hydrogen-bond acceptors (Lipinski definition) is 4. The van der Waals surface area contributed by atoms with Crippen LogP contribution in [-0.4, -0.2) is 9.97 Å². The van der Waals surface area contributed by atoms with Crippen LogP contribution in [0, 0.1) is 6.92 Å². The van der Waals surface area contributed by atoms with Crippen molar-refractivity contribution in [3.8, 4) is 0 Å². The Morgan fingerprint density at radius 3 is 2.65 bits per heavy atom. The van der Waals surface area contributed by atoms with E-state index < -0.39 is 0 Å². The number of aryl methyl sites for hydroxylation is 1. The number of anilines is 1. The first-order chi connectivity index (χ1) is 8.15. The molecule has 0 saturated heterocycles. The summed E-state index contributed by atoms with van der Waals surface area (Å²) in [6.45, 7) is 1.96. The van der Waals surface area contributed by atoms with Gasteiger partial charge in [0.05, 0.1) is 0 Å². The van der Waals surface area contributed by atoms with Gasteiger partial charge in [-0.1, -0.05) is 29.4 Å². The Balaban J connectivity index is 2.04. The molecule has 0 atom stereocenters. The third-order valence-electron chi connectivity index (χ3n) is 2.22. The van der Waals surface area contributed by atoms with Gasteiger partial charge in [0.25, 0.3) is 0 Å². The predicted molar refractivity (Wildman–Crippen MR) is 72.2 cm³/mol. The van der Waals surface area contributed by atoms with E-state index in [0.29, 0.717) is 10.7 Å². The molecule has 3 nitrogen and oxygen atoms in total. The summed E-state index contributed by atoms with van der Waals surface area (Å²) in [7, 11) is 0. The van der Waals surface area contributed by atoms with Crippen LogP contribution in [0.15, 0.2) is 35.7 Å². The number of nitrogens with two attached hydrogens (primary N) is 1. The number of aromatic nitrogens is 2. The minimum Gasteiger partial charge on any atom is -0.398 e. The molecule has 1 heterocycles. The summed E-state index contributed by atoms with van der Waals surface area (Å²) in [6, 6.07) is 5.52. The molecule has 1 aromatic carbocycles. The van der Waals surface area contributed by atoms with Gasteiger partial charge in [-0.3, -0.25) is 0 Å². The Morgan fingerprint density at radius 1 is 1.29 bits per heavy atom. The quantitative estimate of drug-likeness (QED) is 0.526. The van der Waals surface area contributed by atoms with E-state index in [1.807, 2.05) is 19.1 Å². The van der Waals surface area contributed by atoms with Crippen LogP contribution in [0.25, 0.3) is 0 Å². The van der Waals surface area contributed by atoms with E-state index >= 15 is 0 Å². The van der Waals surface area contributed by atoms with Gasteiger partial charge in [0.15, 0.2) is 5.16 Å². The first kappa shape index (κ1) is 12.2. The SMILES string of the molecule is Cc1cnc(SCc2ccc(Cl)cc2N)nc1. The summed E-state index contributed by atoms with van der Waals surface area (Å²) in [5, 5.41) is 1.41. The highest BCUT2D eigenvalue weighted by atomic mass is 35.5. The summed E-state index contributed by atoms with van der Waals surface area (Å²) >= 11 is 7.40. The number of halogens is 1. The zero-order valence-corrected chi connectivity index (χ0v) is 10.9. The first-order valence-electron chi connectivity index (χ1n) is 5.10. The zero-order valence-electron chi connectivity index (χ0n) is 9.35. The molecule has 17 heavy (non-hydrogen) atoms. The Bertz CT molecular complexity index is 514. The molecule has 0 radical (unpaired) electrons. The van der Waals surface area contributed by atoms with Crippen molar-refractivity contribution in [2.45, 2.75) is 17.8 Å². The van der Waals surface area contributed by atoms with E-state index in [2.05, 4.69) is 9.97 Å². The Morgan fingerprint density at radius 2 is 2.00 bits per heavy atom. The van der Waals surface area contributed by atoms with Gasteiger partial charge >= 0.3 is 0 Å². The molecular weight excluding hydrogens is 254 g/mol. The standard InChI is InChI=1S/C12H12ClN3S/c1-8-5-15-12(16-6-8)17-7-9-2-3-10(13)4-11(9)14/h2-6H,7,14H2,1H3. The fourth-order valence-electron chi connectivity index (χ4n) is 1.29. The van der Waals surface area contributed by atoms with Crippen molar-refractivity contribution in [3.05, 3.63) is 46.7 Å². The lowest BCUT2D eigenvalue weighted by atomic mass is 10.2. The molecule has 0 spiro atoms. The molecule has 2 N–H and O–H groups in total. The highest BCUT2D eigenvalue weighted by Crippen LogP contribution is 2.25. The molecule has 0 fully saturated rings. The molecule has 0 saturated carbocycles. The third-order valence-corrected chi connectivity index (χ3v) is 3.38. The summed E-state index contributed by atoms with van der Waals surface area (Å²) in [5.74, 6) is 0.742. The van der Waals surface area contributed by atoms with Gasteiger partial charge in [-0.05, 0) is 30.2 Å². The maximum absolute atomic E-state index is 5.87. The summed E-state index contributed by atoms with van der Waals surface area (Å²) < 4.78 is 0. The Labute approximate surface area is 109 Å². The predicted octanol–water partition coefficient (Wildman–Crippen LogP) is 3.31. The van der Waals surface area contributed by atoms with Crippen LogP contribution in [0.5, 0.6) is 0 Å². The van der Waals surface area contributed by atoms with Crippen LogP contribution in [0.3, 0.4) is 0 Å². The molecule has 5 heteroatoms. The summed E-state index contributed by atoms with van der Waals surface area (Å²) in [5.41, 5.74) is 8.68. The molecule has 0 amide bonds. The lowest BCUT2D eigenvalue weighted by Gasteiger charge is -2.05. The number of rotatable bonds is 3. The average Bonchev–Trinajstić information content (AvgIpc) is 2.30. The lowest BCUT2D eigenvalue weighted by Crippen LogP contribution is -1.93. The monoisotopic (exact) mass is 265 g/mol. The van der Waals surface area contributed by atoms with Crippen molar-refractivity contribution in [2.24, 2.45) is 0 Å². The Kier molecular flexibility index (Phi) is 3.86. The maximum Gasteiger partial charge on any atom is 0.187 e. The Hall–Kier alpha value is -1.26. The molecule has 0 bridgehead atoms. The van der Waals surface area contributed by atoms with Crippen LogP contribution in [-0.2, 0) is 5.75 Å². The van der Waals surface area contributed by atoms with E-state index in [0.717, 1.165) is 22.0 Å². The van der Waals surface area contributed by atoms with E-state index in [1.165, 1.54) is 0 Å². The van der Waals surface area contributed by atoms with Crippen molar-refractivity contribution in [1.82, 2.24) is 9.97 Å². The lowest BCUT2D eigenvalue weighted by molar-refractivity contribution is 0.949. The topological polar surface area (TPSA) is 51.8 Å². The average molecular weight is 266 g/mol. The van der Waals surface area contributed by atoms with Crippen molar-refractivity contribution in [1.29, 1.82) is 0 Å². The molecule has 0 aliphatic heterocycles. The highest BCUT2D eigenvalue weighted by molar-refractivity contribution is 7.98. The van der Waals surface area contributed by atoms with Crippen LogP contribution < -0.4 is 5.73 Å². The van der Waals surface area contributed by atoms with Crippen molar-refractivity contribution in [2.75, 3.05) is 5.73 Å². The van der Waals surface area contributed by atoms with E-state index in [-0.39, 0.29) is 0 Å². The molecule has 1 aromatic heterocycles. The summed E-state index contributed by atoms with van der Waals surface area (Å²) in [6.07, 6.45) is 3.61. The van der Waals surface area contributed by atoms with Gasteiger partial charge in [0.1, 0.15) is 0 Å². The van der Waals surface area contributed by atoms with Crippen LogP contribution in [0.4, 0.5) is 5.69 Å². The van der Waals surface area contributed by atoms with E-state index in [4.69, 9.17) is 17.3 Å². The maximum atomic E-state index is 5.87. The van der Waals surface area contributed by atoms with Gasteiger partial charge in [-0.25, -0.2) is 9.97 Å². The van der Waals surface area contributed by atoms with Crippen molar-refractivity contribution in [3.63, 3.8) is 0 Å². The normalized spacial score (nSPS) is 10.5. The van der Waals surface area contributed by atoms with Crippen molar-refractivity contribution < 1.29 is 0 Å². The molecule has 0 aliphatic carbocycles. The second kappa shape index (κ2) is 5.38. The molecule has 0 aliphatic rings. The fraction of sp³-hybridized carbons (Fsp3) is 0.167.